The lowest BCUT2D eigenvalue weighted by atomic mass is 10.2. The third kappa shape index (κ3) is 2.88. The molecule has 1 aliphatic carbocycles. The lowest BCUT2D eigenvalue weighted by molar-refractivity contribution is -0.364. The van der Waals surface area contributed by atoms with Gasteiger partial charge in [0.25, 0.3) is 5.82 Å². The highest BCUT2D eigenvalue weighted by Crippen LogP contribution is 2.33. The maximum Gasteiger partial charge on any atom is 0.419 e. The molecule has 0 bridgehead atoms. The van der Waals surface area contributed by atoms with Gasteiger partial charge in [0.15, 0.2) is 0 Å². The van der Waals surface area contributed by atoms with E-state index >= 15 is 0 Å². The fourth-order valence-electron chi connectivity index (χ4n) is 1.30. The second-order valence-electron chi connectivity index (χ2n) is 3.87. The number of aromatic amines is 1. The summed E-state index contributed by atoms with van der Waals surface area (Å²) in [5.74, 6) is -0.166. The molecule has 0 aliphatic heterocycles. The van der Waals surface area contributed by atoms with Crippen LogP contribution in [0.2, 0.25) is 5.02 Å². The predicted octanol–water partition coefficient (Wildman–Crippen LogP) is 2.52. The van der Waals surface area contributed by atoms with Gasteiger partial charge in [-0.3, -0.25) is 0 Å². The van der Waals surface area contributed by atoms with Crippen molar-refractivity contribution in [2.24, 2.45) is 5.92 Å². The van der Waals surface area contributed by atoms with Gasteiger partial charge in [-0.25, -0.2) is 15.1 Å². The first-order valence-corrected chi connectivity index (χ1v) is 5.35. The number of H-pyrrole nitrogens is 1. The van der Waals surface area contributed by atoms with E-state index in [1.54, 1.807) is 0 Å². The third-order valence-electron chi connectivity index (χ3n) is 2.42. The zero-order valence-electron chi connectivity index (χ0n) is 8.57. The Bertz CT molecular complexity index is 457. The molecule has 1 aromatic heterocycles. The second kappa shape index (κ2) is 4.18. The molecule has 1 aromatic rings. The molecule has 0 saturated heterocycles. The molecule has 2 N–H and O–H groups in total. The Balaban J connectivity index is 2.16. The minimum Gasteiger partial charge on any atom is -0.247 e. The summed E-state index contributed by atoms with van der Waals surface area (Å²) in [7, 11) is 0. The summed E-state index contributed by atoms with van der Waals surface area (Å²) in [6, 6.07) is 0.778. The molecule has 0 atom stereocenters. The lowest BCUT2D eigenvalue weighted by Gasteiger charge is -2.05. The number of nitrogens with one attached hydrogen (secondary N) is 2. The van der Waals surface area contributed by atoms with Crippen LogP contribution in [0.4, 0.5) is 19.0 Å². The Kier molecular flexibility index (Phi) is 2.99. The van der Waals surface area contributed by atoms with E-state index in [1.165, 1.54) is 0 Å². The van der Waals surface area contributed by atoms with Crippen molar-refractivity contribution in [3.63, 3.8) is 0 Å². The van der Waals surface area contributed by atoms with Gasteiger partial charge in [0.1, 0.15) is 11.2 Å². The molecule has 17 heavy (non-hydrogen) atoms. The fourth-order valence-corrected chi connectivity index (χ4v) is 1.52. The number of rotatable bonds is 2. The van der Waals surface area contributed by atoms with E-state index in [0.717, 1.165) is 25.1 Å². The van der Waals surface area contributed by atoms with Crippen molar-refractivity contribution in [1.29, 1.82) is 0 Å². The van der Waals surface area contributed by atoms with Gasteiger partial charge in [0.05, 0.1) is 11.5 Å². The second-order valence-corrected chi connectivity index (χ2v) is 4.28. The summed E-state index contributed by atoms with van der Waals surface area (Å²) in [6.07, 6.45) is -2.07. The molecule has 1 aliphatic rings. The van der Waals surface area contributed by atoms with Gasteiger partial charge in [-0.05, 0) is 18.9 Å². The number of carbonyl (C=O) groups excluding carboxylic acids is 1. The van der Waals surface area contributed by atoms with Crippen molar-refractivity contribution in [2.45, 2.75) is 19.0 Å². The Morgan fingerprint density at radius 1 is 1.47 bits per heavy atom. The number of pyridine rings is 1. The molecular formula is C10H9ClF3N2O+. The van der Waals surface area contributed by atoms with Crippen LogP contribution in [0.3, 0.4) is 0 Å². The van der Waals surface area contributed by atoms with Crippen LogP contribution in [-0.2, 0) is 11.0 Å². The van der Waals surface area contributed by atoms with Gasteiger partial charge in [0.2, 0.25) is 0 Å². The fraction of sp³-hybridized carbons (Fsp3) is 0.400. The van der Waals surface area contributed by atoms with E-state index in [2.05, 4.69) is 10.3 Å². The number of halogens is 4. The molecular weight excluding hydrogens is 257 g/mol. The first-order chi connectivity index (χ1) is 7.88. The summed E-state index contributed by atoms with van der Waals surface area (Å²) in [5, 5.41) is 2.30. The summed E-state index contributed by atoms with van der Waals surface area (Å²) < 4.78 is 37.0. The molecule has 0 aromatic carbocycles. The van der Waals surface area contributed by atoms with E-state index in [0.29, 0.717) is 0 Å². The lowest BCUT2D eigenvalue weighted by Crippen LogP contribution is -2.22. The standard InChI is InChI=1S/C10H8ClF3N2O/c11-7-3-6(10(12,13)14)4-15-8(7)16-9(17)5-1-2-5/h3-5H,1-2H2,(H,15,16,17)/p+1. The Morgan fingerprint density at radius 3 is 2.59 bits per heavy atom. The number of alkyl halides is 3. The highest BCUT2D eigenvalue weighted by Gasteiger charge is 2.35. The van der Waals surface area contributed by atoms with E-state index in [-0.39, 0.29) is 22.7 Å². The number of hydrogen-bond acceptors (Lipinski definition) is 1. The highest BCUT2D eigenvalue weighted by atomic mass is 35.5. The monoisotopic (exact) mass is 265 g/mol. The Morgan fingerprint density at radius 2 is 2.12 bits per heavy atom. The summed E-state index contributed by atoms with van der Waals surface area (Å²) in [4.78, 5) is 13.7. The van der Waals surface area contributed by atoms with Crippen LogP contribution >= 0.6 is 11.6 Å². The van der Waals surface area contributed by atoms with Crippen LogP contribution in [0.5, 0.6) is 0 Å². The number of amides is 1. The van der Waals surface area contributed by atoms with Gasteiger partial charge in [-0.2, -0.15) is 13.2 Å². The molecule has 0 unspecified atom stereocenters. The van der Waals surface area contributed by atoms with Crippen LogP contribution < -0.4 is 10.3 Å². The van der Waals surface area contributed by atoms with Gasteiger partial charge in [-0.15, -0.1) is 0 Å². The first-order valence-electron chi connectivity index (χ1n) is 4.97. The molecule has 1 heterocycles. The number of carbonyl (C=O) groups is 1. The quantitative estimate of drug-likeness (QED) is 0.877. The molecule has 7 heteroatoms. The summed E-state index contributed by atoms with van der Waals surface area (Å²) >= 11 is 5.66. The highest BCUT2D eigenvalue weighted by molar-refractivity contribution is 6.33. The van der Waals surface area contributed by atoms with Crippen LogP contribution in [0.25, 0.3) is 0 Å². The van der Waals surface area contributed by atoms with Crippen molar-refractivity contribution in [3.8, 4) is 0 Å². The average Bonchev–Trinajstić information content (AvgIpc) is 3.02. The molecule has 0 radical (unpaired) electrons. The maximum absolute atomic E-state index is 12.3. The average molecular weight is 266 g/mol. The summed E-state index contributed by atoms with van der Waals surface area (Å²) in [6.45, 7) is 0. The third-order valence-corrected chi connectivity index (χ3v) is 2.71. The molecule has 1 saturated carbocycles. The van der Waals surface area contributed by atoms with Gasteiger partial charge in [0, 0.05) is 0 Å². The van der Waals surface area contributed by atoms with Crippen molar-refractivity contribution < 1.29 is 22.9 Å². The van der Waals surface area contributed by atoms with Crippen LogP contribution in [0, 0.1) is 5.92 Å². The van der Waals surface area contributed by atoms with E-state index in [4.69, 9.17) is 11.6 Å². The van der Waals surface area contributed by atoms with Crippen LogP contribution in [0.15, 0.2) is 12.3 Å². The van der Waals surface area contributed by atoms with Gasteiger partial charge >= 0.3 is 12.1 Å². The van der Waals surface area contributed by atoms with Crippen molar-refractivity contribution in [2.75, 3.05) is 5.32 Å². The zero-order chi connectivity index (χ0) is 12.6. The molecule has 1 amide bonds. The molecule has 1 fully saturated rings. The minimum atomic E-state index is -4.46. The SMILES string of the molecule is O=C(Nc1[nH+]cc(C(F)(F)F)cc1Cl)C1CC1. The predicted molar refractivity (Wildman–Crippen MR) is 54.4 cm³/mol. The van der Waals surface area contributed by atoms with E-state index in [1.807, 2.05) is 0 Å². The maximum atomic E-state index is 12.3. The van der Waals surface area contributed by atoms with E-state index in [9.17, 15) is 18.0 Å². The van der Waals surface area contributed by atoms with Gasteiger partial charge in [-0.1, -0.05) is 11.6 Å². The number of hydrogen-bond donors (Lipinski definition) is 1. The van der Waals surface area contributed by atoms with E-state index < -0.39 is 11.7 Å². The number of anilines is 1. The van der Waals surface area contributed by atoms with Crippen LogP contribution in [0.1, 0.15) is 18.4 Å². The molecule has 2 rings (SSSR count). The van der Waals surface area contributed by atoms with Crippen molar-refractivity contribution in [1.82, 2.24) is 0 Å². The zero-order valence-corrected chi connectivity index (χ0v) is 9.32. The minimum absolute atomic E-state index is 0.0400. The largest absolute Gasteiger partial charge is 0.419 e. The Labute approximate surface area is 100.0 Å². The molecule has 3 nitrogen and oxygen atoms in total. The summed E-state index contributed by atoms with van der Waals surface area (Å²) in [5.41, 5.74) is -0.882. The number of aromatic nitrogens is 1. The van der Waals surface area contributed by atoms with Crippen molar-refractivity contribution in [3.05, 3.63) is 22.8 Å². The first kappa shape index (κ1) is 12.2. The smallest absolute Gasteiger partial charge is 0.247 e. The van der Waals surface area contributed by atoms with Crippen molar-refractivity contribution >= 4 is 23.3 Å². The molecule has 0 spiro atoms. The Hall–Kier alpha value is -1.30. The normalized spacial score (nSPS) is 15.8. The van der Waals surface area contributed by atoms with Gasteiger partial charge < -0.3 is 0 Å². The van der Waals surface area contributed by atoms with Crippen LogP contribution in [-0.4, -0.2) is 5.91 Å². The molecule has 92 valence electrons. The topological polar surface area (TPSA) is 43.2 Å².